The number of hydrogen-bond acceptors (Lipinski definition) is 6. The van der Waals surface area contributed by atoms with Gasteiger partial charge < -0.3 is 10.2 Å². The lowest BCUT2D eigenvalue weighted by Crippen LogP contribution is -2.53. The van der Waals surface area contributed by atoms with Crippen molar-refractivity contribution in [2.75, 3.05) is 23.7 Å². The van der Waals surface area contributed by atoms with Gasteiger partial charge in [-0.3, -0.25) is 24.0 Å². The Kier molecular flexibility index (Phi) is 10.8. The SMILES string of the molecule is CCCCNC(=O)C(Cc1ccccc1)N(Cc1ccccc1)C(=O)CN(c1cccc([N+](=O)[O-])c1)S(C)(=O)=O. The highest BCUT2D eigenvalue weighted by Crippen LogP contribution is 2.24. The second-order valence-corrected chi connectivity index (χ2v) is 11.3. The number of rotatable bonds is 14. The van der Waals surface area contributed by atoms with Crippen LogP contribution in [-0.2, 0) is 32.6 Å². The Bertz CT molecular complexity index is 1400. The fraction of sp³-hybridized carbons (Fsp3) is 0.310. The summed E-state index contributed by atoms with van der Waals surface area (Å²) in [6.45, 7) is 1.87. The molecule has 0 aliphatic carbocycles. The van der Waals surface area contributed by atoms with Crippen molar-refractivity contribution in [2.45, 2.75) is 38.8 Å². The van der Waals surface area contributed by atoms with Crippen LogP contribution in [0.25, 0.3) is 0 Å². The molecular weight excluding hydrogens is 532 g/mol. The molecule has 0 aliphatic heterocycles. The maximum absolute atomic E-state index is 14.0. The van der Waals surface area contributed by atoms with Crippen molar-refractivity contribution in [3.05, 3.63) is 106 Å². The minimum atomic E-state index is -4.02. The first kappa shape index (κ1) is 30.3. The maximum atomic E-state index is 14.0. The normalized spacial score (nSPS) is 11.8. The van der Waals surface area contributed by atoms with Crippen molar-refractivity contribution in [1.29, 1.82) is 0 Å². The molecule has 0 radical (unpaired) electrons. The molecule has 3 rings (SSSR count). The molecule has 1 N–H and O–H groups in total. The third kappa shape index (κ3) is 8.63. The minimum absolute atomic E-state index is 0.0169. The maximum Gasteiger partial charge on any atom is 0.271 e. The van der Waals surface area contributed by atoms with Crippen LogP contribution in [0, 0.1) is 10.1 Å². The summed E-state index contributed by atoms with van der Waals surface area (Å²) in [5.41, 5.74) is 1.27. The van der Waals surface area contributed by atoms with E-state index in [2.05, 4.69) is 5.32 Å². The highest BCUT2D eigenvalue weighted by atomic mass is 32.2. The highest BCUT2D eigenvalue weighted by molar-refractivity contribution is 7.92. The Hall–Kier alpha value is -4.25. The number of benzene rings is 3. The molecule has 0 saturated heterocycles. The van der Waals surface area contributed by atoms with Crippen molar-refractivity contribution in [1.82, 2.24) is 10.2 Å². The van der Waals surface area contributed by atoms with Gasteiger partial charge in [0, 0.05) is 31.6 Å². The zero-order valence-corrected chi connectivity index (χ0v) is 23.4. The number of hydrogen-bond donors (Lipinski definition) is 1. The first-order valence-electron chi connectivity index (χ1n) is 13.0. The second-order valence-electron chi connectivity index (χ2n) is 9.40. The number of non-ortho nitro benzene ring substituents is 1. The molecule has 0 spiro atoms. The van der Waals surface area contributed by atoms with Gasteiger partial charge in [0.2, 0.25) is 21.8 Å². The van der Waals surface area contributed by atoms with Crippen LogP contribution in [0.2, 0.25) is 0 Å². The van der Waals surface area contributed by atoms with E-state index in [1.807, 2.05) is 67.6 Å². The largest absolute Gasteiger partial charge is 0.354 e. The Balaban J connectivity index is 2.03. The number of nitrogens with one attached hydrogen (secondary N) is 1. The molecule has 1 unspecified atom stereocenters. The van der Waals surface area contributed by atoms with Crippen molar-refractivity contribution in [3.8, 4) is 0 Å². The summed E-state index contributed by atoms with van der Waals surface area (Å²) in [4.78, 5) is 39.6. The van der Waals surface area contributed by atoms with Gasteiger partial charge >= 0.3 is 0 Å². The molecule has 1 atom stereocenters. The Morgan fingerprint density at radius 2 is 1.57 bits per heavy atom. The number of unbranched alkanes of at least 4 members (excludes halogenated alkanes) is 1. The van der Waals surface area contributed by atoms with Crippen molar-refractivity contribution < 1.29 is 22.9 Å². The third-order valence-corrected chi connectivity index (χ3v) is 7.44. The van der Waals surface area contributed by atoms with Crippen LogP contribution in [0.15, 0.2) is 84.9 Å². The van der Waals surface area contributed by atoms with Crippen LogP contribution < -0.4 is 9.62 Å². The van der Waals surface area contributed by atoms with Gasteiger partial charge in [0.15, 0.2) is 0 Å². The van der Waals surface area contributed by atoms with Crippen LogP contribution in [0.3, 0.4) is 0 Å². The summed E-state index contributed by atoms with van der Waals surface area (Å²) >= 11 is 0. The van der Waals surface area contributed by atoms with E-state index in [0.29, 0.717) is 6.54 Å². The summed E-state index contributed by atoms with van der Waals surface area (Å²) in [6.07, 6.45) is 2.79. The predicted octanol–water partition coefficient (Wildman–Crippen LogP) is 3.92. The monoisotopic (exact) mass is 566 g/mol. The Morgan fingerprint density at radius 3 is 2.15 bits per heavy atom. The number of anilines is 1. The fourth-order valence-corrected chi connectivity index (χ4v) is 5.06. The zero-order valence-electron chi connectivity index (χ0n) is 22.6. The van der Waals surface area contributed by atoms with Crippen LogP contribution >= 0.6 is 0 Å². The van der Waals surface area contributed by atoms with E-state index in [4.69, 9.17) is 0 Å². The predicted molar refractivity (Wildman–Crippen MR) is 154 cm³/mol. The molecule has 0 bridgehead atoms. The van der Waals surface area contributed by atoms with E-state index in [9.17, 15) is 28.1 Å². The molecule has 3 aromatic carbocycles. The third-order valence-electron chi connectivity index (χ3n) is 6.30. The smallest absolute Gasteiger partial charge is 0.271 e. The Labute approximate surface area is 234 Å². The number of carbonyl (C=O) groups excluding carboxylic acids is 2. The molecule has 10 nitrogen and oxygen atoms in total. The molecular formula is C29H34N4O6S. The molecule has 40 heavy (non-hydrogen) atoms. The summed E-state index contributed by atoms with van der Waals surface area (Å²) in [6, 6.07) is 22.6. The molecule has 2 amide bonds. The van der Waals surface area contributed by atoms with Crippen LogP contribution in [-0.4, -0.2) is 55.4 Å². The highest BCUT2D eigenvalue weighted by Gasteiger charge is 2.33. The number of nitro benzene ring substituents is 1. The van der Waals surface area contributed by atoms with Gasteiger partial charge in [-0.25, -0.2) is 8.42 Å². The van der Waals surface area contributed by atoms with Crippen molar-refractivity contribution >= 4 is 33.2 Å². The van der Waals surface area contributed by atoms with E-state index in [0.717, 1.165) is 40.6 Å². The first-order chi connectivity index (χ1) is 19.1. The van der Waals surface area contributed by atoms with Gasteiger partial charge in [-0.1, -0.05) is 80.1 Å². The number of nitro groups is 1. The van der Waals surface area contributed by atoms with E-state index < -0.39 is 33.4 Å². The number of carbonyl (C=O) groups is 2. The van der Waals surface area contributed by atoms with Crippen LogP contribution in [0.1, 0.15) is 30.9 Å². The molecule has 0 aromatic heterocycles. The molecule has 212 valence electrons. The standard InChI is InChI=1S/C29H34N4O6S/c1-3-4-18-30-29(35)27(19-23-12-7-5-8-13-23)31(21-24-14-9-6-10-15-24)28(34)22-32(40(2,38)39)25-16-11-17-26(20-25)33(36)37/h5-17,20,27H,3-4,18-19,21-22H2,1-2H3,(H,30,35). The van der Waals surface area contributed by atoms with E-state index in [1.54, 1.807) is 0 Å². The van der Waals surface area contributed by atoms with Crippen molar-refractivity contribution in [2.24, 2.45) is 0 Å². The van der Waals surface area contributed by atoms with Gasteiger partial charge in [-0.2, -0.15) is 0 Å². The molecule has 3 aromatic rings. The Morgan fingerprint density at radius 1 is 0.950 bits per heavy atom. The summed E-state index contributed by atoms with van der Waals surface area (Å²) in [5, 5.41) is 14.2. The summed E-state index contributed by atoms with van der Waals surface area (Å²) in [7, 11) is -4.02. The second kappa shape index (κ2) is 14.2. The lowest BCUT2D eigenvalue weighted by molar-refractivity contribution is -0.384. The van der Waals surface area contributed by atoms with Crippen LogP contribution in [0.5, 0.6) is 0 Å². The van der Waals surface area contributed by atoms with Gasteiger partial charge in [0.05, 0.1) is 16.9 Å². The molecule has 0 heterocycles. The number of amides is 2. The summed E-state index contributed by atoms with van der Waals surface area (Å²) in [5.74, 6) is -0.963. The first-order valence-corrected chi connectivity index (χ1v) is 14.8. The van der Waals surface area contributed by atoms with E-state index >= 15 is 0 Å². The lowest BCUT2D eigenvalue weighted by Gasteiger charge is -2.33. The van der Waals surface area contributed by atoms with E-state index in [1.165, 1.54) is 23.1 Å². The lowest BCUT2D eigenvalue weighted by atomic mass is 10.0. The minimum Gasteiger partial charge on any atom is -0.354 e. The van der Waals surface area contributed by atoms with Crippen molar-refractivity contribution in [3.63, 3.8) is 0 Å². The number of sulfonamides is 1. The van der Waals surface area contributed by atoms with Gasteiger partial charge in [-0.15, -0.1) is 0 Å². The van der Waals surface area contributed by atoms with Crippen LogP contribution in [0.4, 0.5) is 11.4 Å². The van der Waals surface area contributed by atoms with Gasteiger partial charge in [0.1, 0.15) is 12.6 Å². The number of nitrogens with zero attached hydrogens (tertiary/aromatic N) is 3. The topological polar surface area (TPSA) is 130 Å². The zero-order chi connectivity index (χ0) is 29.1. The average molecular weight is 567 g/mol. The molecule has 0 saturated carbocycles. The quantitative estimate of drug-likeness (QED) is 0.179. The van der Waals surface area contributed by atoms with E-state index in [-0.39, 0.29) is 30.2 Å². The van der Waals surface area contributed by atoms with Gasteiger partial charge in [-0.05, 0) is 23.6 Å². The summed E-state index contributed by atoms with van der Waals surface area (Å²) < 4.78 is 26.4. The average Bonchev–Trinajstić information content (AvgIpc) is 2.94. The molecule has 0 fully saturated rings. The molecule has 11 heteroatoms. The van der Waals surface area contributed by atoms with Gasteiger partial charge in [0.25, 0.3) is 5.69 Å². The molecule has 0 aliphatic rings. The fourth-order valence-electron chi connectivity index (χ4n) is 4.22.